The molecule has 0 aliphatic heterocycles. The molecule has 2 aromatic carbocycles. The fourth-order valence-electron chi connectivity index (χ4n) is 2.71. The van der Waals surface area contributed by atoms with Gasteiger partial charge in [-0.2, -0.15) is 0 Å². The Kier molecular flexibility index (Phi) is 8.11. The van der Waals surface area contributed by atoms with Gasteiger partial charge in [-0.25, -0.2) is 0 Å². The van der Waals surface area contributed by atoms with Crippen LogP contribution in [-0.4, -0.2) is 33.5 Å². The van der Waals surface area contributed by atoms with E-state index in [9.17, 15) is 9.59 Å². The van der Waals surface area contributed by atoms with E-state index in [4.69, 9.17) is 0 Å². The lowest BCUT2D eigenvalue weighted by molar-refractivity contribution is -0.114. The molecule has 0 saturated carbocycles. The minimum atomic E-state index is -0.0870. The lowest BCUT2D eigenvalue weighted by atomic mass is 10.1. The molecule has 0 bridgehead atoms. The van der Waals surface area contributed by atoms with Gasteiger partial charge in [0.05, 0.1) is 11.5 Å². The third-order valence-electron chi connectivity index (χ3n) is 4.80. The fraction of sp³-hybridized carbons (Fsp3) is 0.273. The Morgan fingerprint density at radius 3 is 1.61 bits per heavy atom. The number of hydrogen-bond acceptors (Lipinski definition) is 7. The minimum Gasteiger partial charge on any atom is -0.325 e. The van der Waals surface area contributed by atoms with Gasteiger partial charge in [0.25, 0.3) is 0 Å². The van der Waals surface area contributed by atoms with Crippen molar-refractivity contribution in [2.45, 2.75) is 36.4 Å². The molecule has 0 atom stereocenters. The van der Waals surface area contributed by atoms with Crippen LogP contribution in [-0.2, 0) is 9.59 Å². The summed E-state index contributed by atoms with van der Waals surface area (Å²) < 4.78 is 1.40. The van der Waals surface area contributed by atoms with Crippen LogP contribution in [0.25, 0.3) is 0 Å². The average Bonchev–Trinajstić information content (AvgIpc) is 3.20. The number of amides is 2. The maximum Gasteiger partial charge on any atom is 0.234 e. The molecular formula is C22H24N4O2S3. The Bertz CT molecular complexity index is 1010. The van der Waals surface area contributed by atoms with E-state index in [0.717, 1.165) is 33.6 Å². The van der Waals surface area contributed by atoms with Crippen molar-refractivity contribution in [2.75, 3.05) is 22.1 Å². The highest BCUT2D eigenvalue weighted by atomic mass is 32.2. The number of nitrogens with zero attached hydrogens (tertiary/aromatic N) is 2. The van der Waals surface area contributed by atoms with Crippen LogP contribution >= 0.6 is 34.9 Å². The molecule has 1 heterocycles. The Hall–Kier alpha value is -2.36. The van der Waals surface area contributed by atoms with E-state index in [1.165, 1.54) is 34.9 Å². The average molecular weight is 473 g/mol. The number of carbonyl (C=O) groups is 2. The molecule has 0 saturated heterocycles. The normalized spacial score (nSPS) is 10.7. The molecule has 31 heavy (non-hydrogen) atoms. The van der Waals surface area contributed by atoms with Crippen molar-refractivity contribution in [3.05, 3.63) is 58.7 Å². The van der Waals surface area contributed by atoms with Crippen molar-refractivity contribution in [3.8, 4) is 0 Å². The van der Waals surface area contributed by atoms with Crippen molar-refractivity contribution < 1.29 is 9.59 Å². The summed E-state index contributed by atoms with van der Waals surface area (Å²) in [5.41, 5.74) is 6.06. The first-order valence-corrected chi connectivity index (χ1v) is 12.4. The number of carbonyl (C=O) groups excluding carboxylic acids is 2. The van der Waals surface area contributed by atoms with Crippen LogP contribution in [0.4, 0.5) is 11.4 Å². The summed E-state index contributed by atoms with van der Waals surface area (Å²) in [6.07, 6.45) is 0. The van der Waals surface area contributed by atoms with Gasteiger partial charge in [0.1, 0.15) is 0 Å². The Morgan fingerprint density at radius 1 is 0.774 bits per heavy atom. The monoisotopic (exact) mass is 472 g/mol. The number of anilines is 2. The molecule has 0 fully saturated rings. The zero-order chi connectivity index (χ0) is 22.4. The summed E-state index contributed by atoms with van der Waals surface area (Å²) >= 11 is 4.06. The highest BCUT2D eigenvalue weighted by molar-refractivity contribution is 8.03. The molecule has 6 nitrogen and oxygen atoms in total. The molecule has 0 spiro atoms. The van der Waals surface area contributed by atoms with Crippen LogP contribution in [0.2, 0.25) is 0 Å². The maximum atomic E-state index is 12.3. The molecule has 0 aliphatic carbocycles. The van der Waals surface area contributed by atoms with Gasteiger partial charge in [-0.05, 0) is 62.1 Å². The van der Waals surface area contributed by atoms with E-state index in [1.807, 2.05) is 64.1 Å². The molecule has 9 heteroatoms. The summed E-state index contributed by atoms with van der Waals surface area (Å²) in [7, 11) is 0. The predicted octanol–water partition coefficient (Wildman–Crippen LogP) is 5.23. The number of hydrogen-bond donors (Lipinski definition) is 2. The SMILES string of the molecule is Cc1cccc(NC(=O)CSc2nnc(SCC(=O)Nc3cccc(C)c3C)s2)c1C. The second kappa shape index (κ2) is 10.8. The molecule has 3 aromatic rings. The van der Waals surface area contributed by atoms with Crippen LogP contribution < -0.4 is 10.6 Å². The summed E-state index contributed by atoms with van der Waals surface area (Å²) in [6, 6.07) is 11.7. The molecule has 1 aromatic heterocycles. The smallest absolute Gasteiger partial charge is 0.234 e. The van der Waals surface area contributed by atoms with E-state index < -0.39 is 0 Å². The standard InChI is InChI=1S/C22H24N4O2S3/c1-13-7-5-9-17(15(13)3)23-19(27)11-29-21-25-26-22(31-21)30-12-20(28)24-18-10-6-8-14(2)16(18)4/h5-10H,11-12H2,1-4H3,(H,23,27)(H,24,28). The van der Waals surface area contributed by atoms with Gasteiger partial charge in [0, 0.05) is 11.4 Å². The summed E-state index contributed by atoms with van der Waals surface area (Å²) in [5, 5.41) is 14.1. The Labute approximate surface area is 194 Å². The molecule has 3 rings (SSSR count). The van der Waals surface area contributed by atoms with Gasteiger partial charge >= 0.3 is 0 Å². The van der Waals surface area contributed by atoms with Crippen molar-refractivity contribution in [1.29, 1.82) is 0 Å². The number of aryl methyl sites for hydroxylation is 2. The van der Waals surface area contributed by atoms with Crippen molar-refractivity contribution >= 4 is 58.0 Å². The number of thioether (sulfide) groups is 2. The third kappa shape index (κ3) is 6.56. The van der Waals surface area contributed by atoms with E-state index >= 15 is 0 Å². The molecule has 2 N–H and O–H groups in total. The minimum absolute atomic E-state index is 0.0870. The first-order chi connectivity index (χ1) is 14.8. The van der Waals surface area contributed by atoms with Gasteiger partial charge in [-0.3, -0.25) is 9.59 Å². The topological polar surface area (TPSA) is 84.0 Å². The molecular weight excluding hydrogens is 448 g/mol. The fourth-order valence-corrected chi connectivity index (χ4v) is 5.33. The quantitative estimate of drug-likeness (QED) is 0.437. The lowest BCUT2D eigenvalue weighted by Crippen LogP contribution is -2.15. The zero-order valence-electron chi connectivity index (χ0n) is 17.8. The van der Waals surface area contributed by atoms with Gasteiger partial charge in [-0.1, -0.05) is 59.1 Å². The van der Waals surface area contributed by atoms with Gasteiger partial charge in [-0.15, -0.1) is 10.2 Å². The second-order valence-corrected chi connectivity index (χ2v) is 10.4. The largest absolute Gasteiger partial charge is 0.325 e. The van der Waals surface area contributed by atoms with Crippen molar-refractivity contribution in [1.82, 2.24) is 10.2 Å². The summed E-state index contributed by atoms with van der Waals surface area (Å²) in [6.45, 7) is 8.01. The first-order valence-electron chi connectivity index (χ1n) is 9.64. The highest BCUT2D eigenvalue weighted by Crippen LogP contribution is 2.29. The lowest BCUT2D eigenvalue weighted by Gasteiger charge is -2.09. The molecule has 2 amide bonds. The number of aromatic nitrogens is 2. The van der Waals surface area contributed by atoms with E-state index in [-0.39, 0.29) is 23.3 Å². The van der Waals surface area contributed by atoms with Crippen LogP contribution in [0.3, 0.4) is 0 Å². The summed E-state index contributed by atoms with van der Waals surface area (Å²) in [4.78, 5) is 24.5. The molecule has 0 unspecified atom stereocenters. The van der Waals surface area contributed by atoms with Crippen molar-refractivity contribution in [2.24, 2.45) is 0 Å². The van der Waals surface area contributed by atoms with Gasteiger partial charge in [0.15, 0.2) is 8.68 Å². The van der Waals surface area contributed by atoms with Crippen LogP contribution in [0.1, 0.15) is 22.3 Å². The molecule has 162 valence electrons. The van der Waals surface area contributed by atoms with Gasteiger partial charge in [0.2, 0.25) is 11.8 Å². The maximum absolute atomic E-state index is 12.3. The van der Waals surface area contributed by atoms with E-state index in [2.05, 4.69) is 20.8 Å². The second-order valence-electron chi connectivity index (χ2n) is 7.00. The number of nitrogens with one attached hydrogen (secondary N) is 2. The number of rotatable bonds is 8. The van der Waals surface area contributed by atoms with Crippen molar-refractivity contribution in [3.63, 3.8) is 0 Å². The Morgan fingerprint density at radius 2 is 1.19 bits per heavy atom. The van der Waals surface area contributed by atoms with Gasteiger partial charge < -0.3 is 10.6 Å². The van der Waals surface area contributed by atoms with E-state index in [0.29, 0.717) is 8.68 Å². The Balaban J connectivity index is 1.45. The zero-order valence-corrected chi connectivity index (χ0v) is 20.3. The molecule has 0 aliphatic rings. The van der Waals surface area contributed by atoms with Crippen LogP contribution in [0, 0.1) is 27.7 Å². The van der Waals surface area contributed by atoms with E-state index in [1.54, 1.807) is 0 Å². The molecule has 0 radical (unpaired) electrons. The predicted molar refractivity (Wildman–Crippen MR) is 130 cm³/mol. The number of benzene rings is 2. The third-order valence-corrected chi connectivity index (χ3v) is 7.99. The summed E-state index contributed by atoms with van der Waals surface area (Å²) in [5.74, 6) is 0.326. The van der Waals surface area contributed by atoms with Crippen LogP contribution in [0.5, 0.6) is 0 Å². The highest BCUT2D eigenvalue weighted by Gasteiger charge is 2.12. The first kappa shape index (κ1) is 23.3. The van der Waals surface area contributed by atoms with Crippen LogP contribution in [0.15, 0.2) is 45.1 Å².